The first-order chi connectivity index (χ1) is 3.85. The summed E-state index contributed by atoms with van der Waals surface area (Å²) in [6, 6.07) is 0. The zero-order chi connectivity index (χ0) is 7.65. The van der Waals surface area contributed by atoms with Gasteiger partial charge < -0.3 is 0 Å². The third-order valence-corrected chi connectivity index (χ3v) is 8.15. The van der Waals surface area contributed by atoms with Gasteiger partial charge in [-0.1, -0.05) is 20.8 Å². The lowest BCUT2D eigenvalue weighted by molar-refractivity contribution is 0.748. The van der Waals surface area contributed by atoms with Gasteiger partial charge in [0.05, 0.1) is 0 Å². The summed E-state index contributed by atoms with van der Waals surface area (Å²) in [6.45, 7) is 6.19. The normalized spacial score (nSPS) is 16.3. The molecule has 0 amide bonds. The van der Waals surface area contributed by atoms with E-state index in [1.165, 1.54) is 0 Å². The van der Waals surface area contributed by atoms with Crippen molar-refractivity contribution in [3.05, 3.63) is 0 Å². The first kappa shape index (κ1) is 10.1. The minimum atomic E-state index is -1.46. The molecule has 0 heterocycles. The van der Waals surface area contributed by atoms with Crippen molar-refractivity contribution in [2.45, 2.75) is 30.3 Å². The van der Waals surface area contributed by atoms with E-state index in [-0.39, 0.29) is 9.50 Å². The highest BCUT2D eigenvalue weighted by atomic mass is 35.6. The molecule has 56 valence electrons. The molecule has 9 heavy (non-hydrogen) atoms. The zero-order valence-electron chi connectivity index (χ0n) is 5.79. The van der Waals surface area contributed by atoms with Gasteiger partial charge in [0, 0.05) is 0 Å². The van der Waals surface area contributed by atoms with Crippen LogP contribution in [-0.2, 0) is 0 Å². The average molecular weight is 206 g/mol. The molecule has 0 saturated heterocycles. The molecule has 0 fully saturated rings. The molecule has 0 aromatic rings. The molecular weight excluding hydrogens is 194 g/mol. The fourth-order valence-electron chi connectivity index (χ4n) is 0.378. The molecule has 0 aromatic carbocycles. The number of halogens is 3. The van der Waals surface area contributed by atoms with Gasteiger partial charge in [-0.3, -0.25) is 0 Å². The molecule has 0 aliphatic heterocycles. The number of hydrogen-bond donors (Lipinski definition) is 0. The maximum absolute atomic E-state index is 5.97. The molecule has 0 N–H and O–H groups in total. The van der Waals surface area contributed by atoms with Crippen LogP contribution in [-0.4, -0.2) is 12.6 Å². The average Bonchev–Trinajstić information content (AvgIpc) is 1.62. The second-order valence-electron chi connectivity index (χ2n) is 3.10. The molecule has 0 aliphatic carbocycles. The van der Waals surface area contributed by atoms with Crippen molar-refractivity contribution in [3.63, 3.8) is 0 Å². The van der Waals surface area contributed by atoms with Crippen LogP contribution in [0.15, 0.2) is 0 Å². The van der Waals surface area contributed by atoms with Crippen molar-refractivity contribution in [3.8, 4) is 0 Å². The first-order valence-electron chi connectivity index (χ1n) is 2.78. The van der Waals surface area contributed by atoms with E-state index in [1.807, 2.05) is 0 Å². The Bertz CT molecular complexity index is 86.7. The van der Waals surface area contributed by atoms with Gasteiger partial charge in [0.2, 0.25) is 0 Å². The van der Waals surface area contributed by atoms with Gasteiger partial charge >= 0.3 is 0 Å². The van der Waals surface area contributed by atoms with Crippen molar-refractivity contribution in [2.24, 2.45) is 0 Å². The van der Waals surface area contributed by atoms with Crippen LogP contribution in [0.1, 0.15) is 20.8 Å². The standard InChI is InChI=1S/C5H11Cl3Si/c1-5(2,3)9(8)4(6)7/h4,9H,1-3H3. The van der Waals surface area contributed by atoms with Gasteiger partial charge in [-0.25, -0.2) is 0 Å². The number of rotatable bonds is 1. The van der Waals surface area contributed by atoms with Crippen LogP contribution in [0.4, 0.5) is 0 Å². The topological polar surface area (TPSA) is 0 Å². The maximum atomic E-state index is 5.97. The summed E-state index contributed by atoms with van der Waals surface area (Å²) in [7, 11) is -1.46. The van der Waals surface area contributed by atoms with Crippen LogP contribution in [0.2, 0.25) is 5.04 Å². The molecular formula is C5H11Cl3Si. The van der Waals surface area contributed by atoms with Gasteiger partial charge in [-0.2, -0.15) is 11.1 Å². The van der Waals surface area contributed by atoms with Crippen LogP contribution < -0.4 is 0 Å². The van der Waals surface area contributed by atoms with E-state index in [2.05, 4.69) is 20.8 Å². The summed E-state index contributed by atoms with van der Waals surface area (Å²) >= 11 is 17.2. The molecule has 0 radical (unpaired) electrons. The second-order valence-corrected chi connectivity index (χ2v) is 9.72. The third kappa shape index (κ3) is 3.71. The quantitative estimate of drug-likeness (QED) is 0.351. The van der Waals surface area contributed by atoms with Crippen molar-refractivity contribution >= 4 is 42.4 Å². The zero-order valence-corrected chi connectivity index (χ0v) is 9.21. The lowest BCUT2D eigenvalue weighted by Crippen LogP contribution is -2.26. The molecule has 0 rings (SSSR count). The Labute approximate surface area is 72.8 Å². The molecule has 1 atom stereocenters. The largest absolute Gasteiger partial charge is 0.181 e. The Kier molecular flexibility index (Phi) is 3.89. The summed E-state index contributed by atoms with van der Waals surface area (Å²) < 4.78 is -0.341. The Morgan fingerprint density at radius 2 is 1.56 bits per heavy atom. The van der Waals surface area contributed by atoms with Gasteiger partial charge in [-0.15, -0.1) is 23.2 Å². The van der Waals surface area contributed by atoms with E-state index in [9.17, 15) is 0 Å². The fourth-order valence-corrected chi connectivity index (χ4v) is 3.40. The summed E-state index contributed by atoms with van der Waals surface area (Å²) in [5.41, 5.74) is 0. The van der Waals surface area contributed by atoms with Crippen molar-refractivity contribution < 1.29 is 0 Å². The fraction of sp³-hybridized carbons (Fsp3) is 1.00. The van der Waals surface area contributed by atoms with Crippen molar-refractivity contribution in [2.75, 3.05) is 0 Å². The predicted molar refractivity (Wildman–Crippen MR) is 48.2 cm³/mol. The Hall–Kier alpha value is 1.09. The minimum Gasteiger partial charge on any atom is -0.168 e. The summed E-state index contributed by atoms with van der Waals surface area (Å²) in [5, 5.41) is 0.121. The number of alkyl halides is 2. The molecule has 1 unspecified atom stereocenters. The van der Waals surface area contributed by atoms with E-state index in [1.54, 1.807) is 0 Å². The number of hydrogen-bond acceptors (Lipinski definition) is 0. The predicted octanol–water partition coefficient (Wildman–Crippen LogP) is 3.09. The van der Waals surface area contributed by atoms with E-state index in [4.69, 9.17) is 34.3 Å². The van der Waals surface area contributed by atoms with Crippen molar-refractivity contribution in [1.82, 2.24) is 0 Å². The highest BCUT2D eigenvalue weighted by Gasteiger charge is 2.29. The highest BCUT2D eigenvalue weighted by molar-refractivity contribution is 7.14. The van der Waals surface area contributed by atoms with E-state index in [0.29, 0.717) is 0 Å². The van der Waals surface area contributed by atoms with Crippen LogP contribution in [0.3, 0.4) is 0 Å². The molecule has 0 spiro atoms. The lowest BCUT2D eigenvalue weighted by atomic mass is 10.3. The second kappa shape index (κ2) is 3.47. The third-order valence-electron chi connectivity index (χ3n) is 1.05. The van der Waals surface area contributed by atoms with Gasteiger partial charge in [-0.05, 0) is 5.04 Å². The molecule has 0 bridgehead atoms. The van der Waals surface area contributed by atoms with Crippen LogP contribution in [0, 0.1) is 0 Å². The molecule has 0 nitrogen and oxygen atoms in total. The van der Waals surface area contributed by atoms with E-state index < -0.39 is 8.11 Å². The molecule has 0 aromatic heterocycles. The van der Waals surface area contributed by atoms with Crippen LogP contribution >= 0.6 is 34.3 Å². The van der Waals surface area contributed by atoms with Gasteiger partial charge in [0.25, 0.3) is 0 Å². The van der Waals surface area contributed by atoms with E-state index >= 15 is 0 Å². The maximum Gasteiger partial charge on any atom is 0.181 e. The van der Waals surface area contributed by atoms with Crippen LogP contribution in [0.5, 0.6) is 0 Å². The highest BCUT2D eigenvalue weighted by Crippen LogP contribution is 2.34. The Morgan fingerprint density at radius 3 is 1.56 bits per heavy atom. The summed E-state index contributed by atoms with van der Waals surface area (Å²) in [5.74, 6) is 0. The van der Waals surface area contributed by atoms with Crippen molar-refractivity contribution in [1.29, 1.82) is 0 Å². The minimum absolute atomic E-state index is 0.121. The molecule has 0 saturated carbocycles. The van der Waals surface area contributed by atoms with Gasteiger partial charge in [0.1, 0.15) is 4.46 Å². The Morgan fingerprint density at radius 1 is 1.22 bits per heavy atom. The Balaban J connectivity index is 3.88. The molecule has 4 heteroatoms. The first-order valence-corrected chi connectivity index (χ1v) is 6.64. The smallest absolute Gasteiger partial charge is 0.168 e. The SMILES string of the molecule is CC(C)(C)[SiH](Cl)C(Cl)Cl. The monoisotopic (exact) mass is 204 g/mol. The molecule has 0 aliphatic rings. The van der Waals surface area contributed by atoms with E-state index in [0.717, 1.165) is 0 Å². The summed E-state index contributed by atoms with van der Waals surface area (Å²) in [4.78, 5) is 0. The summed E-state index contributed by atoms with van der Waals surface area (Å²) in [6.07, 6.45) is 0. The van der Waals surface area contributed by atoms with Gasteiger partial charge in [0.15, 0.2) is 8.11 Å². The van der Waals surface area contributed by atoms with Crippen LogP contribution in [0.25, 0.3) is 0 Å². The lowest BCUT2D eigenvalue weighted by Gasteiger charge is -2.23.